The summed E-state index contributed by atoms with van der Waals surface area (Å²) >= 11 is 0. The first-order valence-electron chi connectivity index (χ1n) is 9.75. The van der Waals surface area contributed by atoms with Crippen LogP contribution in [0.2, 0.25) is 0 Å². The molecule has 0 aromatic carbocycles. The van der Waals surface area contributed by atoms with Gasteiger partial charge in [-0.1, -0.05) is 12.8 Å². The molecule has 2 saturated heterocycles. The summed E-state index contributed by atoms with van der Waals surface area (Å²) < 4.78 is 0. The van der Waals surface area contributed by atoms with Crippen molar-refractivity contribution in [3.05, 3.63) is 0 Å². The highest BCUT2D eigenvalue weighted by Crippen LogP contribution is 2.24. The predicted octanol–water partition coefficient (Wildman–Crippen LogP) is 2.11. The SMILES string of the molecule is Cl.NCC1CCCCN1C(=O)C1CCCN(C(=O)NC2CCCC2)C1. The molecule has 3 aliphatic rings. The lowest BCUT2D eigenvalue weighted by Gasteiger charge is -2.40. The molecule has 2 atom stereocenters. The molecule has 3 rings (SSSR count). The molecule has 0 aromatic heterocycles. The highest BCUT2D eigenvalue weighted by molar-refractivity contribution is 5.85. The van der Waals surface area contributed by atoms with Crippen molar-refractivity contribution in [1.29, 1.82) is 0 Å². The van der Waals surface area contributed by atoms with Crippen molar-refractivity contribution in [2.45, 2.75) is 69.9 Å². The van der Waals surface area contributed by atoms with E-state index in [0.717, 1.165) is 58.0 Å². The molecule has 0 aromatic rings. The van der Waals surface area contributed by atoms with Crippen LogP contribution in [0.15, 0.2) is 0 Å². The Labute approximate surface area is 157 Å². The number of nitrogens with zero attached hydrogens (tertiary/aromatic N) is 2. The Morgan fingerprint density at radius 1 is 0.960 bits per heavy atom. The second-order valence-corrected chi connectivity index (χ2v) is 7.63. The number of hydrogen-bond acceptors (Lipinski definition) is 3. The maximum Gasteiger partial charge on any atom is 0.317 e. The molecule has 3 amide bonds. The van der Waals surface area contributed by atoms with Crippen molar-refractivity contribution in [3.63, 3.8) is 0 Å². The van der Waals surface area contributed by atoms with E-state index in [9.17, 15) is 9.59 Å². The van der Waals surface area contributed by atoms with Gasteiger partial charge in [0.05, 0.1) is 5.92 Å². The van der Waals surface area contributed by atoms with Gasteiger partial charge in [0.15, 0.2) is 0 Å². The summed E-state index contributed by atoms with van der Waals surface area (Å²) in [5, 5.41) is 3.15. The molecule has 0 spiro atoms. The maximum atomic E-state index is 12.9. The summed E-state index contributed by atoms with van der Waals surface area (Å²) in [6.45, 7) is 2.70. The van der Waals surface area contributed by atoms with E-state index in [4.69, 9.17) is 5.73 Å². The zero-order chi connectivity index (χ0) is 16.9. The lowest BCUT2D eigenvalue weighted by atomic mass is 9.93. The Hall–Kier alpha value is -1.01. The largest absolute Gasteiger partial charge is 0.338 e. The number of carbonyl (C=O) groups is 2. The maximum absolute atomic E-state index is 12.9. The molecular weight excluding hydrogens is 340 g/mol. The highest BCUT2D eigenvalue weighted by Gasteiger charge is 2.35. The fourth-order valence-electron chi connectivity index (χ4n) is 4.47. The summed E-state index contributed by atoms with van der Waals surface area (Å²) in [5.41, 5.74) is 5.86. The minimum absolute atomic E-state index is 0. The van der Waals surface area contributed by atoms with Gasteiger partial charge in [0.2, 0.25) is 5.91 Å². The molecule has 1 aliphatic carbocycles. The summed E-state index contributed by atoms with van der Waals surface area (Å²) in [6.07, 6.45) is 9.65. The number of amides is 3. The van der Waals surface area contributed by atoms with Gasteiger partial charge < -0.3 is 20.9 Å². The van der Waals surface area contributed by atoms with Gasteiger partial charge in [-0.15, -0.1) is 12.4 Å². The first kappa shape index (κ1) is 20.3. The van der Waals surface area contributed by atoms with Crippen LogP contribution in [-0.4, -0.2) is 60.0 Å². The topological polar surface area (TPSA) is 78.7 Å². The molecule has 3 N–H and O–H groups in total. The number of hydrogen-bond donors (Lipinski definition) is 2. The smallest absolute Gasteiger partial charge is 0.317 e. The van der Waals surface area contributed by atoms with Crippen LogP contribution in [0.3, 0.4) is 0 Å². The van der Waals surface area contributed by atoms with Crippen molar-refractivity contribution in [2.75, 3.05) is 26.2 Å². The van der Waals surface area contributed by atoms with E-state index in [1.54, 1.807) is 0 Å². The van der Waals surface area contributed by atoms with Crippen LogP contribution in [0, 0.1) is 5.92 Å². The molecule has 6 nitrogen and oxygen atoms in total. The molecule has 2 unspecified atom stereocenters. The summed E-state index contributed by atoms with van der Waals surface area (Å²) in [7, 11) is 0. The molecule has 2 aliphatic heterocycles. The third-order valence-electron chi connectivity index (χ3n) is 5.92. The molecule has 3 fully saturated rings. The van der Waals surface area contributed by atoms with E-state index in [0.29, 0.717) is 19.1 Å². The summed E-state index contributed by atoms with van der Waals surface area (Å²) in [6, 6.07) is 0.541. The first-order chi connectivity index (χ1) is 11.7. The first-order valence-corrected chi connectivity index (χ1v) is 9.75. The zero-order valence-corrected chi connectivity index (χ0v) is 15.9. The number of piperidine rings is 2. The Kier molecular flexibility index (Phi) is 7.81. The van der Waals surface area contributed by atoms with Gasteiger partial charge in [-0.3, -0.25) is 4.79 Å². The molecule has 25 heavy (non-hydrogen) atoms. The molecule has 0 radical (unpaired) electrons. The van der Waals surface area contributed by atoms with Gasteiger partial charge in [0.1, 0.15) is 0 Å². The number of rotatable bonds is 3. The number of nitrogens with one attached hydrogen (secondary N) is 1. The lowest BCUT2D eigenvalue weighted by molar-refractivity contribution is -0.140. The van der Waals surface area contributed by atoms with Crippen LogP contribution < -0.4 is 11.1 Å². The van der Waals surface area contributed by atoms with E-state index in [-0.39, 0.29) is 36.3 Å². The second-order valence-electron chi connectivity index (χ2n) is 7.63. The molecule has 1 saturated carbocycles. The van der Waals surface area contributed by atoms with Crippen LogP contribution in [0.4, 0.5) is 4.79 Å². The van der Waals surface area contributed by atoms with E-state index >= 15 is 0 Å². The third-order valence-corrected chi connectivity index (χ3v) is 5.92. The standard InChI is InChI=1S/C18H32N4O2.ClH/c19-12-16-9-3-4-11-22(16)17(23)14-6-5-10-21(13-14)18(24)20-15-7-1-2-8-15;/h14-16H,1-13,19H2,(H,20,24);1H. The third kappa shape index (κ3) is 5.00. The summed E-state index contributed by atoms with van der Waals surface area (Å²) in [5.74, 6) is 0.156. The van der Waals surface area contributed by atoms with Gasteiger partial charge in [-0.05, 0) is 44.9 Å². The second kappa shape index (κ2) is 9.62. The van der Waals surface area contributed by atoms with Crippen molar-refractivity contribution < 1.29 is 9.59 Å². The molecular formula is C18H33ClN4O2. The molecule has 2 heterocycles. The van der Waals surface area contributed by atoms with Crippen LogP contribution in [-0.2, 0) is 4.79 Å². The number of likely N-dealkylation sites (tertiary alicyclic amines) is 2. The molecule has 7 heteroatoms. The van der Waals surface area contributed by atoms with Crippen molar-refractivity contribution in [2.24, 2.45) is 11.7 Å². The van der Waals surface area contributed by atoms with E-state index < -0.39 is 0 Å². The Bertz CT molecular complexity index is 456. The number of nitrogens with two attached hydrogens (primary N) is 1. The lowest BCUT2D eigenvalue weighted by Crippen LogP contribution is -2.54. The van der Waals surface area contributed by atoms with Crippen LogP contribution in [0.5, 0.6) is 0 Å². The van der Waals surface area contributed by atoms with Crippen LogP contribution in [0.1, 0.15) is 57.8 Å². The molecule has 0 bridgehead atoms. The number of urea groups is 1. The zero-order valence-electron chi connectivity index (χ0n) is 15.1. The summed E-state index contributed by atoms with van der Waals surface area (Å²) in [4.78, 5) is 29.3. The van der Waals surface area contributed by atoms with E-state index in [2.05, 4.69) is 5.32 Å². The van der Waals surface area contributed by atoms with Crippen LogP contribution >= 0.6 is 12.4 Å². The number of halogens is 1. The quantitative estimate of drug-likeness (QED) is 0.796. The van der Waals surface area contributed by atoms with Crippen LogP contribution in [0.25, 0.3) is 0 Å². The fraction of sp³-hybridized carbons (Fsp3) is 0.889. The van der Waals surface area contributed by atoms with Crippen molar-refractivity contribution in [3.8, 4) is 0 Å². The monoisotopic (exact) mass is 372 g/mol. The van der Waals surface area contributed by atoms with Gasteiger partial charge in [-0.2, -0.15) is 0 Å². The average molecular weight is 373 g/mol. The van der Waals surface area contributed by atoms with Gasteiger partial charge in [0.25, 0.3) is 0 Å². The van der Waals surface area contributed by atoms with Gasteiger partial charge >= 0.3 is 6.03 Å². The average Bonchev–Trinajstić information content (AvgIpc) is 3.14. The Morgan fingerprint density at radius 2 is 1.68 bits per heavy atom. The normalized spacial score (nSPS) is 27.7. The Morgan fingerprint density at radius 3 is 2.40 bits per heavy atom. The minimum Gasteiger partial charge on any atom is -0.338 e. The molecule has 144 valence electrons. The van der Waals surface area contributed by atoms with E-state index in [1.165, 1.54) is 12.8 Å². The van der Waals surface area contributed by atoms with Gasteiger partial charge in [-0.25, -0.2) is 4.79 Å². The van der Waals surface area contributed by atoms with E-state index in [1.807, 2.05) is 9.80 Å². The fourth-order valence-corrected chi connectivity index (χ4v) is 4.47. The van der Waals surface area contributed by atoms with Crippen molar-refractivity contribution in [1.82, 2.24) is 15.1 Å². The highest BCUT2D eigenvalue weighted by atomic mass is 35.5. The Balaban J connectivity index is 0.00000225. The number of carbonyl (C=O) groups excluding carboxylic acids is 2. The van der Waals surface area contributed by atoms with Crippen molar-refractivity contribution >= 4 is 24.3 Å². The minimum atomic E-state index is -0.0553. The predicted molar refractivity (Wildman–Crippen MR) is 101 cm³/mol. The van der Waals surface area contributed by atoms with Gasteiger partial charge in [0, 0.05) is 38.3 Å².